The third kappa shape index (κ3) is 4.21. The zero-order valence-corrected chi connectivity index (χ0v) is 17.3. The molecular formula is C18H19F2N2O8P. The summed E-state index contributed by atoms with van der Waals surface area (Å²) < 4.78 is 70.6. The number of ether oxygens (including phenoxy) is 1. The van der Waals surface area contributed by atoms with Gasteiger partial charge < -0.3 is 14.4 Å². The smallest absolute Gasteiger partial charge is 0.403 e. The van der Waals surface area contributed by atoms with Crippen molar-refractivity contribution >= 4 is 7.82 Å². The highest BCUT2D eigenvalue weighted by Gasteiger charge is 2.50. The highest BCUT2D eigenvalue weighted by molar-refractivity contribution is 7.49. The van der Waals surface area contributed by atoms with Crippen molar-refractivity contribution in [2.75, 3.05) is 6.61 Å². The summed E-state index contributed by atoms with van der Waals surface area (Å²) in [6, 6.07) is 3.56. The Morgan fingerprint density at radius 1 is 1.45 bits per heavy atom. The Kier molecular flexibility index (Phi) is 5.06. The fraction of sp³-hybridized carbons (Fsp3) is 0.444. The Hall–Kier alpha value is -2.37. The maximum atomic E-state index is 15.3. The van der Waals surface area contributed by atoms with Crippen molar-refractivity contribution in [3.63, 3.8) is 0 Å². The van der Waals surface area contributed by atoms with Crippen LogP contribution >= 0.6 is 7.82 Å². The van der Waals surface area contributed by atoms with Crippen LogP contribution in [0.4, 0.5) is 8.78 Å². The summed E-state index contributed by atoms with van der Waals surface area (Å²) in [4.78, 5) is 24.8. The van der Waals surface area contributed by atoms with Gasteiger partial charge in [0, 0.05) is 12.0 Å². The van der Waals surface area contributed by atoms with Crippen LogP contribution in [0.15, 0.2) is 27.9 Å². The second kappa shape index (κ2) is 7.64. The zero-order valence-electron chi connectivity index (χ0n) is 17.4. The molecule has 168 valence electrons. The van der Waals surface area contributed by atoms with Crippen LogP contribution in [0.3, 0.4) is 0 Å². The topological polar surface area (TPSA) is 129 Å². The maximum absolute atomic E-state index is 15.3. The molecule has 4 rings (SSSR count). The van der Waals surface area contributed by atoms with Crippen molar-refractivity contribution in [3.05, 3.63) is 61.7 Å². The number of aromatic amines is 1. The number of hydrogen-bond acceptors (Lipinski definition) is 8. The van der Waals surface area contributed by atoms with Gasteiger partial charge >= 0.3 is 13.5 Å². The van der Waals surface area contributed by atoms with E-state index in [9.17, 15) is 23.7 Å². The monoisotopic (exact) mass is 461 g/mol. The minimum Gasteiger partial charge on any atom is -0.403 e. The van der Waals surface area contributed by atoms with Crippen LogP contribution in [0.5, 0.6) is 5.75 Å². The van der Waals surface area contributed by atoms with Gasteiger partial charge in [-0.3, -0.25) is 23.4 Å². The molecule has 0 radical (unpaired) electrons. The minimum atomic E-state index is -4.28. The third-order valence-electron chi connectivity index (χ3n) is 4.72. The molecule has 2 aliphatic heterocycles. The number of hydrogen-bond donors (Lipinski definition) is 2. The molecule has 2 N–H and O–H groups in total. The number of benzene rings is 1. The average molecular weight is 461 g/mol. The lowest BCUT2D eigenvalue weighted by Crippen LogP contribution is -2.37. The molecule has 1 unspecified atom stereocenters. The van der Waals surface area contributed by atoms with Crippen LogP contribution in [-0.2, 0) is 25.0 Å². The number of aromatic nitrogens is 2. The van der Waals surface area contributed by atoms with Gasteiger partial charge in [-0.25, -0.2) is 13.8 Å². The molecular weight excluding hydrogens is 441 g/mol. The lowest BCUT2D eigenvalue weighted by molar-refractivity contribution is -0.179. The molecule has 0 bridgehead atoms. The normalized spacial score (nSPS) is 32.9. The zero-order chi connectivity index (χ0) is 23.5. The molecule has 0 saturated carbocycles. The molecule has 10 nitrogen and oxygen atoms in total. The molecule has 1 aromatic heterocycles. The third-order valence-corrected chi connectivity index (χ3v) is 6.02. The van der Waals surface area contributed by atoms with E-state index in [1.807, 2.05) is 6.92 Å². The van der Waals surface area contributed by atoms with Gasteiger partial charge in [0.15, 0.2) is 6.20 Å². The molecule has 2 aliphatic rings. The summed E-state index contributed by atoms with van der Waals surface area (Å²) in [6.07, 6.45) is -5.37. The van der Waals surface area contributed by atoms with Crippen molar-refractivity contribution in [2.24, 2.45) is 0 Å². The van der Waals surface area contributed by atoms with E-state index in [0.717, 1.165) is 5.56 Å². The number of rotatable bonds is 4. The van der Waals surface area contributed by atoms with Gasteiger partial charge in [0.05, 0.1) is 14.2 Å². The van der Waals surface area contributed by atoms with Crippen molar-refractivity contribution in [2.45, 2.75) is 45.0 Å². The number of H-pyrrole nitrogens is 1. The molecule has 0 aliphatic carbocycles. The average Bonchev–Trinajstić information content (AvgIpc) is 2.94. The second-order valence-corrected chi connectivity index (χ2v) is 8.90. The van der Waals surface area contributed by atoms with E-state index in [2.05, 4.69) is 0 Å². The molecule has 3 heterocycles. The molecule has 31 heavy (non-hydrogen) atoms. The van der Waals surface area contributed by atoms with Gasteiger partial charge in [-0.1, -0.05) is 17.7 Å². The largest absolute Gasteiger partial charge is 0.530 e. The summed E-state index contributed by atoms with van der Waals surface area (Å²) in [5.41, 5.74) is -0.427. The van der Waals surface area contributed by atoms with Crippen LogP contribution in [0.1, 0.15) is 30.7 Å². The van der Waals surface area contributed by atoms with Gasteiger partial charge in [0.2, 0.25) is 11.7 Å². The summed E-state index contributed by atoms with van der Waals surface area (Å²) in [5.74, 6) is -4.09. The van der Waals surface area contributed by atoms with Gasteiger partial charge in [-0.15, -0.1) is 0 Å². The van der Waals surface area contributed by atoms with Gasteiger partial charge in [-0.2, -0.15) is 4.39 Å². The molecule has 1 fully saturated rings. The molecule has 13 heteroatoms. The van der Waals surface area contributed by atoms with E-state index in [1.54, 1.807) is 24.0 Å². The molecule has 1 aromatic carbocycles. The van der Waals surface area contributed by atoms with Gasteiger partial charge in [-0.05, 0) is 19.4 Å². The summed E-state index contributed by atoms with van der Waals surface area (Å²) in [6.45, 7) is 2.37. The van der Waals surface area contributed by atoms with E-state index in [1.165, 1.54) is 0 Å². The van der Waals surface area contributed by atoms with Crippen LogP contribution in [0, 0.1) is 19.7 Å². The van der Waals surface area contributed by atoms with Crippen molar-refractivity contribution in [3.8, 4) is 5.75 Å². The highest BCUT2D eigenvalue weighted by atomic mass is 31.2. The van der Waals surface area contributed by atoms with Crippen LogP contribution in [0.2, 0.25) is 0 Å². The Balaban J connectivity index is 1.53. The number of aliphatic hydroxyl groups is 1. The number of phosphoric acid groups is 1. The Labute approximate surface area is 175 Å². The van der Waals surface area contributed by atoms with E-state index in [0.29, 0.717) is 17.3 Å². The SMILES string of the molecule is [2H][C@@]1(n2cc(F)c(=O)[nH]c2=O)O[C@](F)(COP2(=O)OCc3cc(C)cc(C)c3O2)C[C@H]1O. The Morgan fingerprint density at radius 3 is 2.94 bits per heavy atom. The first kappa shape index (κ1) is 20.5. The van der Waals surface area contributed by atoms with Crippen LogP contribution in [0.25, 0.3) is 0 Å². The quantitative estimate of drug-likeness (QED) is 0.662. The van der Waals surface area contributed by atoms with E-state index < -0.39 is 56.1 Å². The molecule has 0 spiro atoms. The molecule has 0 amide bonds. The Bertz CT molecular complexity index is 1250. The van der Waals surface area contributed by atoms with E-state index >= 15 is 4.39 Å². The van der Waals surface area contributed by atoms with E-state index in [4.69, 9.17) is 19.7 Å². The highest BCUT2D eigenvalue weighted by Crippen LogP contribution is 2.56. The number of fused-ring (bicyclic) bond motifs is 1. The van der Waals surface area contributed by atoms with Crippen molar-refractivity contribution < 1.29 is 38.1 Å². The molecule has 4 atom stereocenters. The number of halogens is 2. The van der Waals surface area contributed by atoms with Gasteiger partial charge in [0.1, 0.15) is 18.5 Å². The number of alkyl halides is 1. The van der Waals surface area contributed by atoms with Crippen LogP contribution in [-0.4, -0.2) is 33.2 Å². The fourth-order valence-electron chi connectivity index (χ4n) is 3.39. The summed E-state index contributed by atoms with van der Waals surface area (Å²) in [5, 5.41) is 10.2. The lowest BCUT2D eigenvalue weighted by atomic mass is 10.1. The predicted molar refractivity (Wildman–Crippen MR) is 101 cm³/mol. The number of aryl methyl sites for hydroxylation is 2. The first-order valence-corrected chi connectivity index (χ1v) is 10.6. The Morgan fingerprint density at radius 2 is 2.19 bits per heavy atom. The predicted octanol–water partition coefficient (Wildman–Crippen LogP) is 1.97. The minimum absolute atomic E-state index is 0.119. The maximum Gasteiger partial charge on any atom is 0.530 e. The molecule has 2 aromatic rings. The number of nitrogens with one attached hydrogen (secondary N) is 1. The van der Waals surface area contributed by atoms with Gasteiger partial charge in [0.25, 0.3) is 5.56 Å². The van der Waals surface area contributed by atoms with Crippen LogP contribution < -0.4 is 15.8 Å². The number of aliphatic hydroxyl groups excluding tert-OH is 1. The first-order valence-electron chi connectivity index (χ1n) is 9.62. The first-order chi connectivity index (χ1) is 14.8. The molecule has 1 saturated heterocycles. The van der Waals surface area contributed by atoms with Crippen molar-refractivity contribution in [1.82, 2.24) is 9.55 Å². The lowest BCUT2D eigenvalue weighted by Gasteiger charge is -2.28. The second-order valence-electron chi connectivity index (χ2n) is 7.31. The summed E-state index contributed by atoms with van der Waals surface area (Å²) >= 11 is 0. The number of phosphoric ester groups is 1. The fourth-order valence-corrected chi connectivity index (χ4v) is 4.70. The van der Waals surface area contributed by atoms with E-state index in [-0.39, 0.29) is 16.9 Å². The summed E-state index contributed by atoms with van der Waals surface area (Å²) in [7, 11) is -4.28. The standard InChI is InChI=1S/C18H19F2N2O8P/c1-9-3-10(2)14-11(4-9)7-27-31(26,30-14)28-8-18(20)5-13(23)16(29-18)22-6-12(19)15(24)21-17(22)25/h3-4,6,13,16,23H,5,7-8H2,1-2H3,(H,21,24,25)/t13-,16-,18+,31?/m1/s1/i16D. The number of nitrogens with zero attached hydrogens (tertiary/aromatic N) is 1. The van der Waals surface area contributed by atoms with Crippen molar-refractivity contribution in [1.29, 1.82) is 0 Å².